The van der Waals surface area contributed by atoms with Gasteiger partial charge in [0.1, 0.15) is 12.2 Å². The molecule has 0 radical (unpaired) electrons. The predicted octanol–water partition coefficient (Wildman–Crippen LogP) is 6.25. The van der Waals surface area contributed by atoms with Crippen LogP contribution in [0.2, 0.25) is 0 Å². The van der Waals surface area contributed by atoms with E-state index in [1.807, 2.05) is 76.2 Å². The number of hydrogen-bond donors (Lipinski definition) is 7. The molecule has 2 amide bonds. The van der Waals surface area contributed by atoms with Crippen molar-refractivity contribution in [1.29, 1.82) is 0 Å². The first-order chi connectivity index (χ1) is 28.6. The number of anilines is 4. The SMILES string of the molecule is CC(C)NC(=O)O[C@@H]1CC[C@H](c2cc(Nc3cccc4c3CCS(=O)(=O)C4)n[nH]2)C1.CC(C)NC(=O)O[C@@H]1CC[C@H](c2cc(Nc3cccc4c3CNS(=O)(=O)C4)n[nH]2)C1. The number of hydrogen-bond acceptors (Lipinski definition) is 12. The molecule has 2 aliphatic heterocycles. The summed E-state index contributed by atoms with van der Waals surface area (Å²) in [7, 11) is -6.26. The number of sulfonamides is 1. The highest BCUT2D eigenvalue weighted by molar-refractivity contribution is 7.90. The van der Waals surface area contributed by atoms with Crippen molar-refractivity contribution in [3.63, 3.8) is 0 Å². The molecule has 0 unspecified atom stereocenters. The van der Waals surface area contributed by atoms with Gasteiger partial charge in [-0.2, -0.15) is 10.2 Å². The Morgan fingerprint density at radius 3 is 1.72 bits per heavy atom. The Bertz CT molecular complexity index is 2230. The highest BCUT2D eigenvalue weighted by Crippen LogP contribution is 2.38. The topological polar surface area (TPSA) is 238 Å². The van der Waals surface area contributed by atoms with Gasteiger partial charge in [-0.3, -0.25) is 10.2 Å². The highest BCUT2D eigenvalue weighted by atomic mass is 32.2. The number of rotatable bonds is 10. The van der Waals surface area contributed by atoms with Crippen LogP contribution in [0.1, 0.15) is 112 Å². The number of H-pyrrole nitrogens is 2. The number of carbonyl (C=O) groups is 2. The summed E-state index contributed by atoms with van der Waals surface area (Å²) in [4.78, 5) is 23.6. The molecule has 0 saturated heterocycles. The van der Waals surface area contributed by atoms with Crippen LogP contribution in [-0.4, -0.2) is 79.5 Å². The Balaban J connectivity index is 0.000000181. The molecule has 19 heteroatoms. The van der Waals surface area contributed by atoms with Crippen molar-refractivity contribution >= 4 is 55.1 Å². The predicted molar refractivity (Wildman–Crippen MR) is 228 cm³/mol. The molecular weight excluding hydrogens is 811 g/mol. The number of amides is 2. The lowest BCUT2D eigenvalue weighted by Crippen LogP contribution is -2.33. The molecule has 2 saturated carbocycles. The molecule has 4 aromatic rings. The summed E-state index contributed by atoms with van der Waals surface area (Å²) in [5.41, 5.74) is 7.38. The fraction of sp³-hybridized carbons (Fsp3) is 0.512. The van der Waals surface area contributed by atoms with Gasteiger partial charge in [-0.05, 0) is 107 Å². The lowest BCUT2D eigenvalue weighted by Gasteiger charge is -2.20. The lowest BCUT2D eigenvalue weighted by molar-refractivity contribution is 0.0972. The summed E-state index contributed by atoms with van der Waals surface area (Å²) in [6, 6.07) is 15.4. The van der Waals surface area contributed by atoms with Crippen molar-refractivity contribution in [3.05, 3.63) is 82.2 Å². The van der Waals surface area contributed by atoms with Gasteiger partial charge in [-0.1, -0.05) is 24.3 Å². The zero-order valence-electron chi connectivity index (χ0n) is 34.3. The van der Waals surface area contributed by atoms with Crippen molar-refractivity contribution in [3.8, 4) is 0 Å². The minimum atomic E-state index is -3.25. The highest BCUT2D eigenvalue weighted by Gasteiger charge is 2.32. The average molecular weight is 866 g/mol. The molecular formula is C41H55N9O8S2. The smallest absolute Gasteiger partial charge is 0.407 e. The van der Waals surface area contributed by atoms with Crippen LogP contribution in [-0.2, 0) is 53.8 Å². The van der Waals surface area contributed by atoms with Gasteiger partial charge in [0.15, 0.2) is 21.5 Å². The van der Waals surface area contributed by atoms with E-state index in [0.29, 0.717) is 18.1 Å². The summed E-state index contributed by atoms with van der Waals surface area (Å²) in [5.74, 6) is 2.15. The van der Waals surface area contributed by atoms with E-state index in [1.165, 1.54) is 0 Å². The quantitative estimate of drug-likeness (QED) is 0.0937. The van der Waals surface area contributed by atoms with Crippen molar-refractivity contribution in [1.82, 2.24) is 35.8 Å². The number of aromatic amines is 2. The van der Waals surface area contributed by atoms with Crippen LogP contribution in [0.4, 0.5) is 32.6 Å². The normalized spacial score (nSPS) is 22.5. The molecule has 60 heavy (non-hydrogen) atoms. The van der Waals surface area contributed by atoms with Gasteiger partial charge in [-0.15, -0.1) is 0 Å². The Morgan fingerprint density at radius 2 is 1.20 bits per heavy atom. The number of benzene rings is 2. The van der Waals surface area contributed by atoms with E-state index < -0.39 is 19.9 Å². The van der Waals surface area contributed by atoms with Crippen molar-refractivity contribution < 1.29 is 35.9 Å². The lowest BCUT2D eigenvalue weighted by atomic mass is 10.0. The fourth-order valence-electron chi connectivity index (χ4n) is 8.28. The molecule has 4 aliphatic rings. The number of nitrogens with one attached hydrogen (secondary N) is 7. The number of ether oxygens (including phenoxy) is 2. The summed E-state index contributed by atoms with van der Waals surface area (Å²) < 4.78 is 61.0. The summed E-state index contributed by atoms with van der Waals surface area (Å²) in [6.07, 6.45) is 4.64. The second-order valence-corrected chi connectivity index (χ2v) is 20.6. The fourth-order valence-corrected chi connectivity index (χ4v) is 10.8. The van der Waals surface area contributed by atoms with Crippen LogP contribution in [0.5, 0.6) is 0 Å². The first-order valence-corrected chi connectivity index (χ1v) is 24.0. The molecule has 17 nitrogen and oxygen atoms in total. The van der Waals surface area contributed by atoms with Gasteiger partial charge < -0.3 is 30.7 Å². The third-order valence-corrected chi connectivity index (χ3v) is 14.0. The maximum absolute atomic E-state index is 11.9. The van der Waals surface area contributed by atoms with E-state index in [9.17, 15) is 26.4 Å². The molecule has 2 aliphatic carbocycles. The van der Waals surface area contributed by atoms with Crippen molar-refractivity contribution in [2.45, 2.75) is 127 Å². The van der Waals surface area contributed by atoms with E-state index in [2.05, 4.69) is 46.4 Å². The second-order valence-electron chi connectivity index (χ2n) is 16.6. The van der Waals surface area contributed by atoms with E-state index in [-0.39, 0.29) is 72.1 Å². The first-order valence-electron chi connectivity index (χ1n) is 20.6. The van der Waals surface area contributed by atoms with E-state index in [4.69, 9.17) is 9.47 Å². The number of alkyl carbamates (subject to hydrolysis) is 2. The number of fused-ring (bicyclic) bond motifs is 2. The van der Waals surface area contributed by atoms with Gasteiger partial charge in [0.05, 0.1) is 17.3 Å². The molecule has 8 rings (SSSR count). The summed E-state index contributed by atoms with van der Waals surface area (Å²) in [6.45, 7) is 7.87. The Labute approximate surface area is 350 Å². The molecule has 2 fully saturated rings. The van der Waals surface area contributed by atoms with E-state index >= 15 is 0 Å². The molecule has 2 aromatic heterocycles. The van der Waals surface area contributed by atoms with Crippen molar-refractivity contribution in [2.24, 2.45) is 0 Å². The number of carbonyl (C=O) groups excluding carboxylic acids is 2. The third-order valence-electron chi connectivity index (χ3n) is 11.1. The van der Waals surface area contributed by atoms with Gasteiger partial charge >= 0.3 is 12.2 Å². The largest absolute Gasteiger partial charge is 0.446 e. The Morgan fingerprint density at radius 1 is 0.700 bits per heavy atom. The summed E-state index contributed by atoms with van der Waals surface area (Å²) in [5, 5.41) is 27.1. The molecule has 7 N–H and O–H groups in total. The number of aromatic nitrogens is 4. The number of nitrogens with zero attached hydrogens (tertiary/aromatic N) is 2. The average Bonchev–Trinajstić information content (AvgIpc) is 3.99. The zero-order chi connectivity index (χ0) is 42.6. The van der Waals surface area contributed by atoms with Crippen LogP contribution in [0.25, 0.3) is 0 Å². The van der Waals surface area contributed by atoms with Crippen LogP contribution in [0.15, 0.2) is 48.5 Å². The summed E-state index contributed by atoms with van der Waals surface area (Å²) >= 11 is 0. The van der Waals surface area contributed by atoms with Crippen LogP contribution in [0, 0.1) is 0 Å². The Hall–Kier alpha value is -5.14. The molecule has 4 heterocycles. The van der Waals surface area contributed by atoms with Crippen LogP contribution in [0.3, 0.4) is 0 Å². The van der Waals surface area contributed by atoms with Gasteiger partial charge in [0.25, 0.3) is 0 Å². The maximum atomic E-state index is 11.9. The van der Waals surface area contributed by atoms with E-state index in [0.717, 1.165) is 83.5 Å². The van der Waals surface area contributed by atoms with Crippen LogP contribution >= 0.6 is 0 Å². The monoisotopic (exact) mass is 865 g/mol. The molecule has 4 atom stereocenters. The second kappa shape index (κ2) is 18.2. The van der Waals surface area contributed by atoms with Crippen LogP contribution < -0.4 is 26.0 Å². The molecule has 0 spiro atoms. The van der Waals surface area contributed by atoms with Crippen molar-refractivity contribution in [2.75, 3.05) is 16.4 Å². The molecule has 2 aromatic carbocycles. The first kappa shape index (κ1) is 43.0. The third kappa shape index (κ3) is 11.2. The minimum Gasteiger partial charge on any atom is -0.446 e. The maximum Gasteiger partial charge on any atom is 0.407 e. The standard InChI is InChI=1S/C21H28N4O4S.C20H27N5O4S/c1-13(2)22-21(26)29-16-7-6-14(10-16)19-11-20(25-24-19)23-18-5-3-4-15-12-30(27,28)9-8-17(15)18;1-12(2)22-20(26)29-15-7-6-13(8-15)18-9-19(25-24-18)23-17-5-3-4-14-11-30(27,28)21-10-16(14)17/h3-5,11,13-14,16H,6-10,12H2,1-2H3,(H,22,26)(H2,23,24,25);3-5,9,12-13,15,21H,6-8,10-11H2,1-2H3,(H,22,26)(H2,23,24,25)/t14-,16+;13-,15+/m00/s1. The molecule has 324 valence electrons. The number of sulfone groups is 1. The van der Waals surface area contributed by atoms with Gasteiger partial charge in [-0.25, -0.2) is 31.1 Å². The van der Waals surface area contributed by atoms with Gasteiger partial charge in [0, 0.05) is 65.4 Å². The minimum absolute atomic E-state index is 0.0164. The van der Waals surface area contributed by atoms with E-state index in [1.54, 1.807) is 0 Å². The zero-order valence-corrected chi connectivity index (χ0v) is 36.0. The Kier molecular flexibility index (Phi) is 13.1. The molecule has 0 bridgehead atoms. The van der Waals surface area contributed by atoms with Gasteiger partial charge in [0.2, 0.25) is 10.0 Å².